The van der Waals surface area contributed by atoms with Gasteiger partial charge in [-0.25, -0.2) is 5.57 Å². The molecule has 0 saturated heterocycles. The summed E-state index contributed by atoms with van der Waals surface area (Å²) >= 11 is 0. The molecule has 1 atom stereocenters. The third-order valence-corrected chi connectivity index (χ3v) is 14.2. The van der Waals surface area contributed by atoms with Gasteiger partial charge in [0.05, 0.1) is 8.07 Å². The van der Waals surface area contributed by atoms with E-state index in [4.69, 9.17) is 0 Å². The van der Waals surface area contributed by atoms with Gasteiger partial charge in [-0.15, -0.1) is 6.92 Å². The molecule has 1 aromatic carbocycles. The van der Waals surface area contributed by atoms with E-state index in [1.807, 2.05) is 0 Å². The minimum absolute atomic E-state index is 0. The molecule has 1 aliphatic carbocycles. The molecule has 2 rings (SSSR count). The Morgan fingerprint density at radius 1 is 0.786 bits per heavy atom. The number of allylic oxidation sites excluding steroid dienone is 4. The van der Waals surface area contributed by atoms with Gasteiger partial charge in [0.15, 0.2) is 0 Å². The first-order valence-corrected chi connectivity index (χ1v) is 11.2. The monoisotopic (exact) mass is 492 g/mol. The molecule has 0 nitrogen and oxygen atoms in total. The average Bonchev–Trinajstić information content (AvgIpc) is 2.62. The quantitative estimate of drug-likeness (QED) is 0.325. The molecular formula is C23H35Cl3SiTi. The van der Waals surface area contributed by atoms with E-state index in [0.717, 1.165) is 0 Å². The predicted molar refractivity (Wildman–Crippen MR) is 110 cm³/mol. The summed E-state index contributed by atoms with van der Waals surface area (Å²) in [6.07, 6.45) is 3.99. The van der Waals surface area contributed by atoms with Crippen LogP contribution in [-0.4, -0.2) is 8.07 Å². The molecular weight excluding hydrogens is 459 g/mol. The van der Waals surface area contributed by atoms with Crippen molar-refractivity contribution >= 4 is 13.3 Å². The molecule has 0 aliphatic heterocycles. The van der Waals surface area contributed by atoms with Gasteiger partial charge < -0.3 is 37.2 Å². The summed E-state index contributed by atoms with van der Waals surface area (Å²) in [6.45, 7) is 24.1. The summed E-state index contributed by atoms with van der Waals surface area (Å²) in [5, 5.41) is 1.99. The first kappa shape index (κ1) is 33.1. The molecule has 0 spiro atoms. The topological polar surface area (TPSA) is 0 Å². The van der Waals surface area contributed by atoms with Crippen LogP contribution in [0.25, 0.3) is 0 Å². The molecule has 28 heavy (non-hydrogen) atoms. The van der Waals surface area contributed by atoms with Crippen molar-refractivity contribution in [3.05, 3.63) is 53.1 Å². The normalized spacial score (nSPS) is 19.6. The Balaban J connectivity index is -0.00000156. The zero-order valence-electron chi connectivity index (χ0n) is 19.0. The van der Waals surface area contributed by atoms with Gasteiger partial charge in [-0.1, -0.05) is 103 Å². The second kappa shape index (κ2) is 10.7. The number of rotatable bonds is 2. The second-order valence-electron chi connectivity index (χ2n) is 9.74. The Bertz CT molecular complexity index is 683. The second-order valence-corrected chi connectivity index (χ2v) is 15.8. The standard InChI is InChI=1S/C23H35Si.3ClH.Ti/c1-17-16-23(10,19(3)18(17)2)24(21(4,5)6,22(7,8)9)20-14-12-11-13-15-20;;;;/h11-15H,1-10H3;3*1H;/q-1;;;;+4/p-3. The summed E-state index contributed by atoms with van der Waals surface area (Å²) in [4.78, 5) is 0. The zero-order valence-corrected chi connectivity index (χ0v) is 23.8. The molecule has 1 aromatic rings. The van der Waals surface area contributed by atoms with Gasteiger partial charge in [-0.05, 0) is 10.1 Å². The molecule has 5 heteroatoms. The van der Waals surface area contributed by atoms with Crippen molar-refractivity contribution in [2.24, 2.45) is 0 Å². The van der Waals surface area contributed by atoms with E-state index in [2.05, 4.69) is 106 Å². The van der Waals surface area contributed by atoms with Crippen molar-refractivity contribution in [3.8, 4) is 0 Å². The van der Waals surface area contributed by atoms with E-state index in [9.17, 15) is 0 Å². The molecule has 0 aromatic heterocycles. The van der Waals surface area contributed by atoms with E-state index in [1.165, 1.54) is 16.7 Å². The van der Waals surface area contributed by atoms with Crippen LogP contribution < -0.4 is 42.4 Å². The molecule has 0 amide bonds. The maximum atomic E-state index is 3.99. The third kappa shape index (κ3) is 4.71. The van der Waals surface area contributed by atoms with Gasteiger partial charge in [0.2, 0.25) is 0 Å². The fraction of sp³-hybridized carbons (Fsp3) is 0.565. The fourth-order valence-electron chi connectivity index (χ4n) is 6.06. The predicted octanol–water partition coefficient (Wildman–Crippen LogP) is -2.19. The van der Waals surface area contributed by atoms with Crippen molar-refractivity contribution in [1.29, 1.82) is 0 Å². The Kier molecular flexibility index (Phi) is 12.7. The summed E-state index contributed by atoms with van der Waals surface area (Å²) < 4.78 is 0. The van der Waals surface area contributed by atoms with Crippen LogP contribution in [0.3, 0.4) is 0 Å². The zero-order chi connectivity index (χ0) is 18.6. The smallest absolute Gasteiger partial charge is 1.00 e. The average molecular weight is 494 g/mol. The van der Waals surface area contributed by atoms with E-state index in [-0.39, 0.29) is 74.1 Å². The first-order chi connectivity index (χ1) is 10.8. The minimum Gasteiger partial charge on any atom is -1.00 e. The van der Waals surface area contributed by atoms with Crippen LogP contribution in [0.4, 0.5) is 0 Å². The summed E-state index contributed by atoms with van der Waals surface area (Å²) in [7, 11) is -2.10. The number of hydrogen-bond donors (Lipinski definition) is 0. The summed E-state index contributed by atoms with van der Waals surface area (Å²) in [5.74, 6) is 0. The Morgan fingerprint density at radius 3 is 1.46 bits per heavy atom. The number of hydrogen-bond acceptors (Lipinski definition) is 0. The molecule has 1 aliphatic rings. The van der Waals surface area contributed by atoms with Crippen LogP contribution >= 0.6 is 0 Å². The van der Waals surface area contributed by atoms with Crippen molar-refractivity contribution in [1.82, 2.24) is 0 Å². The molecule has 0 N–H and O–H groups in total. The van der Waals surface area contributed by atoms with Crippen LogP contribution in [0.2, 0.25) is 15.1 Å². The number of benzene rings is 1. The van der Waals surface area contributed by atoms with Gasteiger partial charge in [0.1, 0.15) is 0 Å². The number of halogens is 3. The van der Waals surface area contributed by atoms with Gasteiger partial charge >= 0.3 is 21.7 Å². The fourth-order valence-corrected chi connectivity index (χ4v) is 15.4. The minimum atomic E-state index is -2.10. The van der Waals surface area contributed by atoms with Gasteiger partial charge in [-0.2, -0.15) is 11.1 Å². The maximum Gasteiger partial charge on any atom is 4.00 e. The van der Waals surface area contributed by atoms with Crippen LogP contribution in [0.5, 0.6) is 0 Å². The maximum absolute atomic E-state index is 3.99. The molecule has 0 saturated carbocycles. The molecule has 0 heterocycles. The van der Waals surface area contributed by atoms with Crippen molar-refractivity contribution in [2.45, 2.75) is 84.4 Å². The van der Waals surface area contributed by atoms with E-state index < -0.39 is 8.07 Å². The van der Waals surface area contributed by atoms with Crippen LogP contribution in [-0.2, 0) is 21.7 Å². The summed E-state index contributed by atoms with van der Waals surface area (Å²) in [5.41, 5.74) is 4.32. The van der Waals surface area contributed by atoms with Gasteiger partial charge in [0, 0.05) is 0 Å². The Labute approximate surface area is 208 Å². The summed E-state index contributed by atoms with van der Waals surface area (Å²) in [6, 6.07) is 11.3. The van der Waals surface area contributed by atoms with E-state index in [1.54, 1.807) is 5.19 Å². The van der Waals surface area contributed by atoms with E-state index >= 15 is 0 Å². The first-order valence-electron chi connectivity index (χ1n) is 9.16. The third-order valence-electron chi connectivity index (χ3n) is 6.52. The molecule has 1 unspecified atom stereocenters. The van der Waals surface area contributed by atoms with Gasteiger partial charge in [-0.3, -0.25) is 6.08 Å². The molecule has 156 valence electrons. The van der Waals surface area contributed by atoms with Crippen LogP contribution in [0, 0.1) is 6.08 Å². The van der Waals surface area contributed by atoms with Crippen molar-refractivity contribution in [3.63, 3.8) is 0 Å². The van der Waals surface area contributed by atoms with Crippen molar-refractivity contribution in [2.75, 3.05) is 0 Å². The Morgan fingerprint density at radius 2 is 1.18 bits per heavy atom. The van der Waals surface area contributed by atoms with E-state index in [0.29, 0.717) is 0 Å². The van der Waals surface area contributed by atoms with Gasteiger partial charge in [0.25, 0.3) is 0 Å². The molecule has 0 radical (unpaired) electrons. The SMILES string of the molecule is CC1=[C-]C(C)([Si](c2ccccc2)(C(C)(C)C)C(C)(C)C)C(C)=C1C.[Cl-].[Cl-].[Cl-].[Ti+4]. The Hall–Kier alpha value is 0.501. The largest absolute Gasteiger partial charge is 4.00 e. The molecule has 0 bridgehead atoms. The van der Waals surface area contributed by atoms with Crippen molar-refractivity contribution < 1.29 is 58.9 Å². The van der Waals surface area contributed by atoms with Crippen LogP contribution in [0.15, 0.2) is 47.1 Å². The van der Waals surface area contributed by atoms with Crippen LogP contribution in [0.1, 0.15) is 69.2 Å². The molecule has 0 fully saturated rings.